The van der Waals surface area contributed by atoms with Gasteiger partial charge in [-0.25, -0.2) is 4.79 Å². The number of nitrogens with one attached hydrogen (secondary N) is 1. The van der Waals surface area contributed by atoms with Crippen LogP contribution in [0.25, 0.3) is 0 Å². The van der Waals surface area contributed by atoms with Crippen molar-refractivity contribution in [2.75, 3.05) is 6.54 Å². The molecular weight excluding hydrogens is 254 g/mol. The first kappa shape index (κ1) is 15.0. The summed E-state index contributed by atoms with van der Waals surface area (Å²) in [5.41, 5.74) is -0.501. The van der Waals surface area contributed by atoms with Crippen LogP contribution in [0, 0.1) is 11.8 Å². The lowest BCUT2D eigenvalue weighted by Gasteiger charge is -2.19. The van der Waals surface area contributed by atoms with Crippen molar-refractivity contribution in [2.24, 2.45) is 11.8 Å². The van der Waals surface area contributed by atoms with Crippen LogP contribution in [0.4, 0.5) is 4.79 Å². The highest BCUT2D eigenvalue weighted by molar-refractivity contribution is 6.30. The highest BCUT2D eigenvalue weighted by Gasteiger charge is 2.42. The Morgan fingerprint density at radius 1 is 1.44 bits per heavy atom. The number of allylic oxidation sites excluding steroid dienone is 1. The Labute approximate surface area is 113 Å². The van der Waals surface area contributed by atoms with E-state index < -0.39 is 11.7 Å². The third-order valence-electron chi connectivity index (χ3n) is 2.61. The average Bonchev–Trinajstić information content (AvgIpc) is 2.89. The van der Waals surface area contributed by atoms with Gasteiger partial charge in [-0.3, -0.25) is 4.79 Å². The summed E-state index contributed by atoms with van der Waals surface area (Å²) in [4.78, 5) is 23.0. The Balaban J connectivity index is 2.22. The van der Waals surface area contributed by atoms with Gasteiger partial charge in [0.1, 0.15) is 11.4 Å². The van der Waals surface area contributed by atoms with E-state index in [1.54, 1.807) is 0 Å². The summed E-state index contributed by atoms with van der Waals surface area (Å²) >= 11 is 5.59. The minimum absolute atomic E-state index is 0.00966. The zero-order chi connectivity index (χ0) is 13.9. The van der Waals surface area contributed by atoms with Crippen LogP contribution in [-0.4, -0.2) is 24.0 Å². The summed E-state index contributed by atoms with van der Waals surface area (Å²) in [5.74, 6) is 0.322. The predicted octanol–water partition coefficient (Wildman–Crippen LogP) is 2.86. The Bertz CT molecular complexity index is 360. The first-order valence-corrected chi connectivity index (χ1v) is 6.39. The highest BCUT2D eigenvalue weighted by atomic mass is 35.5. The van der Waals surface area contributed by atoms with Crippen LogP contribution in [0.3, 0.4) is 0 Å². The second-order valence-electron chi connectivity index (χ2n) is 5.65. The third kappa shape index (κ3) is 5.54. The fourth-order valence-electron chi connectivity index (χ4n) is 1.72. The van der Waals surface area contributed by atoms with Crippen molar-refractivity contribution in [3.63, 3.8) is 0 Å². The van der Waals surface area contributed by atoms with Gasteiger partial charge < -0.3 is 10.1 Å². The van der Waals surface area contributed by atoms with Crippen LogP contribution >= 0.6 is 11.6 Å². The topological polar surface area (TPSA) is 55.4 Å². The zero-order valence-electron chi connectivity index (χ0n) is 11.1. The molecule has 1 fully saturated rings. The predicted molar refractivity (Wildman–Crippen MR) is 70.5 cm³/mol. The molecule has 0 bridgehead atoms. The number of rotatable bonds is 5. The maximum atomic E-state index is 11.6. The van der Waals surface area contributed by atoms with Gasteiger partial charge in [0, 0.05) is 23.9 Å². The molecular formula is C13H20ClNO3. The van der Waals surface area contributed by atoms with Gasteiger partial charge in [-0.1, -0.05) is 18.2 Å². The van der Waals surface area contributed by atoms with Crippen molar-refractivity contribution >= 4 is 23.5 Å². The molecule has 1 saturated carbocycles. The lowest BCUT2D eigenvalue weighted by Crippen LogP contribution is -2.33. The van der Waals surface area contributed by atoms with Crippen LogP contribution in [0.15, 0.2) is 11.6 Å². The van der Waals surface area contributed by atoms with E-state index >= 15 is 0 Å². The molecule has 2 atom stereocenters. The van der Waals surface area contributed by atoms with E-state index in [0.29, 0.717) is 11.6 Å². The van der Waals surface area contributed by atoms with Crippen LogP contribution < -0.4 is 5.32 Å². The maximum absolute atomic E-state index is 11.6. The SMILES string of the molecule is C=C(Cl)CC(=O)[C@H]1C[C@H]1CNC(=O)OC(C)(C)C. The number of amides is 1. The first-order chi connectivity index (χ1) is 8.19. The number of carbonyl (C=O) groups is 2. The van der Waals surface area contributed by atoms with Gasteiger partial charge >= 0.3 is 6.09 Å². The number of hydrogen-bond donors (Lipinski definition) is 1. The number of carbonyl (C=O) groups excluding carboxylic acids is 2. The van der Waals surface area contributed by atoms with Crippen molar-refractivity contribution < 1.29 is 14.3 Å². The molecule has 0 unspecified atom stereocenters. The van der Waals surface area contributed by atoms with Gasteiger partial charge in [0.05, 0.1) is 0 Å². The number of hydrogen-bond acceptors (Lipinski definition) is 3. The quantitative estimate of drug-likeness (QED) is 0.838. The molecule has 0 aromatic heterocycles. The van der Waals surface area contributed by atoms with Crippen LogP contribution in [0.5, 0.6) is 0 Å². The lowest BCUT2D eigenvalue weighted by atomic mass is 10.1. The molecule has 0 aromatic carbocycles. The summed E-state index contributed by atoms with van der Waals surface area (Å²) < 4.78 is 5.11. The summed E-state index contributed by atoms with van der Waals surface area (Å²) in [7, 11) is 0. The van der Waals surface area contributed by atoms with Gasteiger partial charge in [-0.2, -0.15) is 0 Å². The smallest absolute Gasteiger partial charge is 0.407 e. The normalized spacial score (nSPS) is 22.2. The Morgan fingerprint density at radius 2 is 2.06 bits per heavy atom. The molecule has 0 aliphatic heterocycles. The van der Waals surface area contributed by atoms with Crippen molar-refractivity contribution in [1.82, 2.24) is 5.32 Å². The molecule has 5 heteroatoms. The van der Waals surface area contributed by atoms with Gasteiger partial charge in [0.2, 0.25) is 0 Å². The highest BCUT2D eigenvalue weighted by Crippen LogP contribution is 2.40. The van der Waals surface area contributed by atoms with E-state index in [2.05, 4.69) is 11.9 Å². The summed E-state index contributed by atoms with van der Waals surface area (Å²) in [5, 5.41) is 3.04. The molecule has 0 radical (unpaired) electrons. The van der Waals surface area contributed by atoms with E-state index in [9.17, 15) is 9.59 Å². The van der Waals surface area contributed by atoms with Crippen molar-refractivity contribution in [1.29, 1.82) is 0 Å². The van der Waals surface area contributed by atoms with Crippen LogP contribution in [0.2, 0.25) is 0 Å². The van der Waals surface area contributed by atoms with E-state index in [-0.39, 0.29) is 24.0 Å². The zero-order valence-corrected chi connectivity index (χ0v) is 11.8. The molecule has 18 heavy (non-hydrogen) atoms. The lowest BCUT2D eigenvalue weighted by molar-refractivity contribution is -0.119. The fraction of sp³-hybridized carbons (Fsp3) is 0.692. The van der Waals surface area contributed by atoms with Gasteiger partial charge in [0.15, 0.2) is 0 Å². The van der Waals surface area contributed by atoms with Crippen LogP contribution in [0.1, 0.15) is 33.6 Å². The van der Waals surface area contributed by atoms with E-state index in [0.717, 1.165) is 6.42 Å². The molecule has 1 rings (SSSR count). The Kier molecular flexibility index (Phi) is 4.79. The molecule has 1 N–H and O–H groups in total. The summed E-state index contributed by atoms with van der Waals surface area (Å²) in [6, 6.07) is 0. The number of halogens is 1. The van der Waals surface area contributed by atoms with Gasteiger partial charge in [-0.05, 0) is 33.1 Å². The van der Waals surface area contributed by atoms with Crippen molar-refractivity contribution in [2.45, 2.75) is 39.2 Å². The minimum Gasteiger partial charge on any atom is -0.444 e. The van der Waals surface area contributed by atoms with E-state index in [1.165, 1.54) is 0 Å². The van der Waals surface area contributed by atoms with Gasteiger partial charge in [-0.15, -0.1) is 0 Å². The molecule has 0 spiro atoms. The fourth-order valence-corrected chi connectivity index (χ4v) is 1.85. The minimum atomic E-state index is -0.501. The Hall–Kier alpha value is -1.03. The van der Waals surface area contributed by atoms with E-state index in [1.807, 2.05) is 20.8 Å². The average molecular weight is 274 g/mol. The molecule has 0 heterocycles. The molecule has 102 valence electrons. The largest absolute Gasteiger partial charge is 0.444 e. The monoisotopic (exact) mass is 273 g/mol. The molecule has 0 saturated heterocycles. The Morgan fingerprint density at radius 3 is 2.56 bits per heavy atom. The van der Waals surface area contributed by atoms with Gasteiger partial charge in [0.25, 0.3) is 0 Å². The number of Topliss-reactive ketones (excluding diaryl/α,β-unsaturated/α-hetero) is 1. The second kappa shape index (κ2) is 5.74. The van der Waals surface area contributed by atoms with E-state index in [4.69, 9.17) is 16.3 Å². The van der Waals surface area contributed by atoms with Crippen molar-refractivity contribution in [3.05, 3.63) is 11.6 Å². The van der Waals surface area contributed by atoms with Crippen LogP contribution in [-0.2, 0) is 9.53 Å². The molecule has 0 aromatic rings. The second-order valence-corrected chi connectivity index (χ2v) is 6.18. The van der Waals surface area contributed by atoms with Crippen molar-refractivity contribution in [3.8, 4) is 0 Å². The molecule has 1 aliphatic carbocycles. The summed E-state index contributed by atoms with van der Waals surface area (Å²) in [6.07, 6.45) is 0.580. The number of ether oxygens (including phenoxy) is 1. The molecule has 1 aliphatic rings. The number of ketones is 1. The molecule has 1 amide bonds. The number of alkyl carbamates (subject to hydrolysis) is 1. The maximum Gasteiger partial charge on any atom is 0.407 e. The summed E-state index contributed by atoms with van der Waals surface area (Å²) in [6.45, 7) is 9.39. The first-order valence-electron chi connectivity index (χ1n) is 6.02. The standard InChI is InChI=1S/C13H20ClNO3/c1-8(14)5-11(16)10-6-9(10)7-15-12(17)18-13(2,3)4/h9-10H,1,5-7H2,2-4H3,(H,15,17)/t9-,10-/m0/s1. The third-order valence-corrected chi connectivity index (χ3v) is 2.74. The molecule has 4 nitrogen and oxygen atoms in total.